The van der Waals surface area contributed by atoms with E-state index in [1.54, 1.807) is 0 Å². The van der Waals surface area contributed by atoms with Gasteiger partial charge in [-0.15, -0.1) is 0 Å². The maximum atomic E-state index is 6.04. The number of imidazole rings is 1. The number of pyridine rings is 1. The third kappa shape index (κ3) is 2.53. The first-order valence-corrected chi connectivity index (χ1v) is 7.69. The Balaban J connectivity index is 1.71. The normalized spacial score (nSPS) is 11.2. The molecule has 24 heavy (non-hydrogen) atoms. The lowest BCUT2D eigenvalue weighted by molar-refractivity contribution is 0.306. The molecule has 6 heteroatoms. The van der Waals surface area contributed by atoms with E-state index in [1.165, 1.54) is 0 Å². The minimum absolute atomic E-state index is 0.327. The number of ether oxygens (including phenoxy) is 1. The maximum absolute atomic E-state index is 6.04. The Morgan fingerprint density at radius 2 is 1.88 bits per heavy atom. The molecule has 0 fully saturated rings. The Kier molecular flexibility index (Phi) is 3.51. The first-order valence-electron chi connectivity index (χ1n) is 7.69. The van der Waals surface area contributed by atoms with Crippen LogP contribution in [0.1, 0.15) is 11.4 Å². The monoisotopic (exact) mass is 319 g/mol. The largest absolute Gasteiger partial charge is 0.489 e. The summed E-state index contributed by atoms with van der Waals surface area (Å²) in [6.45, 7) is 0.831. The van der Waals surface area contributed by atoms with E-state index in [9.17, 15) is 0 Å². The first-order chi connectivity index (χ1) is 11.7. The van der Waals surface area contributed by atoms with E-state index in [-0.39, 0.29) is 0 Å². The van der Waals surface area contributed by atoms with E-state index in [4.69, 9.17) is 16.2 Å². The van der Waals surface area contributed by atoms with Gasteiger partial charge in [-0.05, 0) is 17.7 Å². The van der Waals surface area contributed by atoms with Gasteiger partial charge in [0.2, 0.25) is 0 Å². The predicted molar refractivity (Wildman–Crippen MR) is 94.5 cm³/mol. The summed E-state index contributed by atoms with van der Waals surface area (Å²) in [5, 5.41) is 0.919. The van der Waals surface area contributed by atoms with Crippen LogP contribution in [0.5, 0.6) is 5.75 Å². The molecule has 120 valence electrons. The third-order valence-corrected chi connectivity index (χ3v) is 3.92. The van der Waals surface area contributed by atoms with Crippen molar-refractivity contribution in [2.45, 2.75) is 13.2 Å². The summed E-state index contributed by atoms with van der Waals surface area (Å²) in [7, 11) is 0. The van der Waals surface area contributed by atoms with Crippen molar-refractivity contribution in [1.29, 1.82) is 0 Å². The molecule has 0 aliphatic rings. The van der Waals surface area contributed by atoms with Crippen molar-refractivity contribution in [3.8, 4) is 5.75 Å². The average Bonchev–Trinajstić information content (AvgIpc) is 3.06. The first kappa shape index (κ1) is 14.5. The van der Waals surface area contributed by atoms with Gasteiger partial charge in [0.15, 0.2) is 0 Å². The zero-order chi connectivity index (χ0) is 16.5. The fourth-order valence-corrected chi connectivity index (χ4v) is 2.72. The Morgan fingerprint density at radius 1 is 1.04 bits per heavy atom. The maximum Gasteiger partial charge on any atom is 0.150 e. The number of hydrogen-bond acceptors (Lipinski definition) is 5. The summed E-state index contributed by atoms with van der Waals surface area (Å²) in [6, 6.07) is 15.8. The fourth-order valence-electron chi connectivity index (χ4n) is 2.72. The smallest absolute Gasteiger partial charge is 0.150 e. The molecule has 0 aliphatic heterocycles. The van der Waals surface area contributed by atoms with E-state index in [0.29, 0.717) is 24.8 Å². The third-order valence-electron chi connectivity index (χ3n) is 3.92. The van der Waals surface area contributed by atoms with E-state index >= 15 is 0 Å². The van der Waals surface area contributed by atoms with Crippen LogP contribution in [0.15, 0.2) is 48.5 Å². The van der Waals surface area contributed by atoms with Gasteiger partial charge in [0, 0.05) is 11.5 Å². The van der Waals surface area contributed by atoms with Crippen LogP contribution in [0.25, 0.3) is 21.9 Å². The molecule has 5 N–H and O–H groups in total. The van der Waals surface area contributed by atoms with Crippen molar-refractivity contribution in [3.05, 3.63) is 59.9 Å². The van der Waals surface area contributed by atoms with E-state index in [1.807, 2.05) is 48.5 Å². The van der Waals surface area contributed by atoms with Crippen LogP contribution < -0.4 is 16.2 Å². The summed E-state index contributed by atoms with van der Waals surface area (Å²) >= 11 is 0. The molecule has 0 unspecified atom stereocenters. The molecule has 0 saturated carbocycles. The van der Waals surface area contributed by atoms with Gasteiger partial charge in [0.05, 0.1) is 12.1 Å². The highest BCUT2D eigenvalue weighted by Crippen LogP contribution is 2.29. The number of aromatic amines is 1. The molecule has 6 nitrogen and oxygen atoms in total. The second-order valence-corrected chi connectivity index (χ2v) is 5.56. The lowest BCUT2D eigenvalue weighted by Gasteiger charge is -2.08. The van der Waals surface area contributed by atoms with Crippen LogP contribution in [0.3, 0.4) is 0 Å². The van der Waals surface area contributed by atoms with Crippen molar-refractivity contribution < 1.29 is 4.74 Å². The number of nitrogens with zero attached hydrogens (tertiary/aromatic N) is 2. The molecule has 2 aromatic carbocycles. The molecular formula is C18H17N5O. The minimum Gasteiger partial charge on any atom is -0.489 e. The second kappa shape index (κ2) is 5.82. The number of hydrogen-bond donors (Lipinski definition) is 3. The molecule has 0 radical (unpaired) electrons. The molecule has 4 rings (SSSR count). The van der Waals surface area contributed by atoms with E-state index in [0.717, 1.165) is 33.2 Å². The quantitative estimate of drug-likeness (QED) is 0.536. The predicted octanol–water partition coefficient (Wildman–Crippen LogP) is 2.73. The molecule has 0 atom stereocenters. The Hall–Kier alpha value is -3.12. The van der Waals surface area contributed by atoms with Crippen LogP contribution in [-0.4, -0.2) is 15.0 Å². The number of nitrogens with one attached hydrogen (secondary N) is 1. The lowest BCUT2D eigenvalue weighted by Crippen LogP contribution is -1.97. The number of nitrogens with two attached hydrogens (primary N) is 2. The second-order valence-electron chi connectivity index (χ2n) is 5.56. The molecule has 0 saturated heterocycles. The van der Waals surface area contributed by atoms with Crippen LogP contribution in [0.4, 0.5) is 5.82 Å². The number of H-pyrrole nitrogens is 1. The summed E-state index contributed by atoms with van der Waals surface area (Å²) in [5.74, 6) is 1.84. The van der Waals surface area contributed by atoms with Crippen molar-refractivity contribution in [3.63, 3.8) is 0 Å². The lowest BCUT2D eigenvalue weighted by atomic mass is 10.2. The zero-order valence-electron chi connectivity index (χ0n) is 13.0. The van der Waals surface area contributed by atoms with Crippen LogP contribution >= 0.6 is 0 Å². The summed E-state index contributed by atoms with van der Waals surface area (Å²) in [5.41, 5.74) is 15.1. The molecule has 2 aromatic heterocycles. The molecule has 2 heterocycles. The van der Waals surface area contributed by atoms with Gasteiger partial charge in [-0.25, -0.2) is 9.97 Å². The van der Waals surface area contributed by atoms with Gasteiger partial charge in [0.1, 0.15) is 35.0 Å². The van der Waals surface area contributed by atoms with E-state index < -0.39 is 0 Å². The Labute approximate surface area is 138 Å². The van der Waals surface area contributed by atoms with Crippen molar-refractivity contribution >= 4 is 27.8 Å². The number of anilines is 1. The average molecular weight is 319 g/mol. The molecule has 0 spiro atoms. The summed E-state index contributed by atoms with van der Waals surface area (Å²) < 4.78 is 5.85. The summed E-state index contributed by atoms with van der Waals surface area (Å²) in [4.78, 5) is 12.1. The Morgan fingerprint density at radius 3 is 2.67 bits per heavy atom. The van der Waals surface area contributed by atoms with Crippen molar-refractivity contribution in [1.82, 2.24) is 15.0 Å². The van der Waals surface area contributed by atoms with Crippen molar-refractivity contribution in [2.75, 3.05) is 5.73 Å². The molecular weight excluding hydrogens is 302 g/mol. The van der Waals surface area contributed by atoms with Crippen LogP contribution in [0.2, 0.25) is 0 Å². The molecule has 0 aliphatic carbocycles. The summed E-state index contributed by atoms with van der Waals surface area (Å²) in [6.07, 6.45) is 0. The standard InChI is InChI=1S/C18H17N5O/c19-9-15-22-16-13-7-6-12(24-10-11-4-2-1-3-5-11)8-14(13)21-18(20)17(16)23-15/h1-8H,9-10,19H2,(H2,20,21)(H,22,23). The number of rotatable bonds is 4. The zero-order valence-corrected chi connectivity index (χ0v) is 13.0. The van der Waals surface area contributed by atoms with Gasteiger partial charge in [0.25, 0.3) is 0 Å². The van der Waals surface area contributed by atoms with Gasteiger partial charge >= 0.3 is 0 Å². The van der Waals surface area contributed by atoms with Gasteiger partial charge in [-0.3, -0.25) is 0 Å². The van der Waals surface area contributed by atoms with Gasteiger partial charge in [-0.1, -0.05) is 30.3 Å². The number of fused-ring (bicyclic) bond motifs is 3. The highest BCUT2D eigenvalue weighted by atomic mass is 16.5. The van der Waals surface area contributed by atoms with Crippen LogP contribution in [-0.2, 0) is 13.2 Å². The number of benzene rings is 2. The van der Waals surface area contributed by atoms with Gasteiger partial charge < -0.3 is 21.2 Å². The Bertz CT molecular complexity index is 1010. The van der Waals surface area contributed by atoms with E-state index in [2.05, 4.69) is 15.0 Å². The number of aromatic nitrogens is 3. The molecule has 0 amide bonds. The highest BCUT2D eigenvalue weighted by Gasteiger charge is 2.12. The fraction of sp³-hybridized carbons (Fsp3) is 0.111. The SMILES string of the molecule is NCc1nc2c([nH]1)c(N)nc1cc(OCc3ccccc3)ccc12. The van der Waals surface area contributed by atoms with Gasteiger partial charge in [-0.2, -0.15) is 0 Å². The minimum atomic E-state index is 0.327. The molecule has 0 bridgehead atoms. The topological polar surface area (TPSA) is 103 Å². The highest BCUT2D eigenvalue weighted by molar-refractivity contribution is 6.06. The number of nitrogen functional groups attached to an aromatic ring is 1. The van der Waals surface area contributed by atoms with Crippen LogP contribution in [0, 0.1) is 0 Å². The van der Waals surface area contributed by atoms with Crippen molar-refractivity contribution in [2.24, 2.45) is 5.73 Å². The molecule has 4 aromatic rings.